The van der Waals surface area contributed by atoms with E-state index in [1.54, 1.807) is 0 Å². The minimum atomic E-state index is -0.456. The van der Waals surface area contributed by atoms with E-state index in [0.717, 1.165) is 89.9 Å². The van der Waals surface area contributed by atoms with Crippen LogP contribution in [0, 0.1) is 100 Å². The summed E-state index contributed by atoms with van der Waals surface area (Å²) in [5.41, 5.74) is -3.53. The molecule has 9 aliphatic carbocycles. The van der Waals surface area contributed by atoms with E-state index in [9.17, 15) is 57.5 Å². The Balaban J connectivity index is 0.567. The number of fused-ring (bicyclic) bond motifs is 14. The van der Waals surface area contributed by atoms with Crippen LogP contribution in [-0.4, -0.2) is 64.8 Å². The first-order chi connectivity index (χ1) is 40.0. The van der Waals surface area contributed by atoms with Gasteiger partial charge in [0, 0.05) is 63.6 Å². The van der Waals surface area contributed by atoms with Crippen molar-refractivity contribution < 1.29 is 19.2 Å². The highest BCUT2D eigenvalue weighted by molar-refractivity contribution is 6.13. The monoisotopic (exact) mass is 1120 g/mol. The molecule has 17 rings (SSSR count). The number of amides is 4. The fourth-order valence-corrected chi connectivity index (χ4v) is 21.9. The van der Waals surface area contributed by atoms with Crippen molar-refractivity contribution in [2.75, 3.05) is 13.1 Å². The van der Waals surface area contributed by atoms with Gasteiger partial charge in [-0.3, -0.25) is 85.6 Å². The molecule has 18 heteroatoms. The van der Waals surface area contributed by atoms with Gasteiger partial charge in [0.1, 0.15) is 0 Å². The van der Waals surface area contributed by atoms with Crippen LogP contribution in [0.3, 0.4) is 0 Å². The molecule has 6 aromatic rings. The van der Waals surface area contributed by atoms with Crippen molar-refractivity contribution in [1.82, 2.24) is 28.1 Å². The molecular formula is C65H64N6O12. The second-order valence-corrected chi connectivity index (χ2v) is 28.4. The zero-order valence-electron chi connectivity index (χ0n) is 46.1. The molecule has 0 radical (unpaired) electrons. The number of rotatable bonds is 12. The largest absolute Gasteiger partial charge is 0.275 e. The number of hydrogen-bond acceptors (Lipinski definition) is 12. The summed E-state index contributed by atoms with van der Waals surface area (Å²) in [4.78, 5) is 165. The number of hydrogen-bond donors (Lipinski definition) is 0. The van der Waals surface area contributed by atoms with Crippen LogP contribution in [0.15, 0.2) is 86.9 Å². The van der Waals surface area contributed by atoms with Crippen molar-refractivity contribution >= 4 is 66.7 Å². The molecule has 4 aromatic heterocycles. The summed E-state index contributed by atoms with van der Waals surface area (Å²) in [7, 11) is 0. The Labute approximate surface area is 472 Å². The van der Waals surface area contributed by atoms with Crippen LogP contribution in [0.25, 0.3) is 43.1 Å². The third-order valence-corrected chi connectivity index (χ3v) is 25.1. The summed E-state index contributed by atoms with van der Waals surface area (Å²) < 4.78 is 5.26. The molecule has 18 nitrogen and oxygen atoms in total. The van der Waals surface area contributed by atoms with E-state index in [1.165, 1.54) is 76.6 Å². The van der Waals surface area contributed by atoms with E-state index >= 15 is 0 Å². The molecule has 4 amide bonds. The van der Waals surface area contributed by atoms with Crippen molar-refractivity contribution in [2.24, 2.45) is 100 Å². The van der Waals surface area contributed by atoms with Crippen molar-refractivity contribution in [3.63, 3.8) is 0 Å². The Bertz CT molecular complexity index is 4290. The van der Waals surface area contributed by atoms with Gasteiger partial charge in [-0.15, -0.1) is 0 Å². The maximum atomic E-state index is 14.3. The van der Waals surface area contributed by atoms with E-state index in [1.807, 2.05) is 0 Å². The van der Waals surface area contributed by atoms with E-state index in [2.05, 4.69) is 0 Å². The van der Waals surface area contributed by atoms with Crippen LogP contribution in [0.5, 0.6) is 0 Å². The lowest BCUT2D eigenvalue weighted by molar-refractivity contribution is -0.139. The molecule has 11 aliphatic rings. The third kappa shape index (κ3) is 7.00. The summed E-state index contributed by atoms with van der Waals surface area (Å²) in [5, 5.41) is 1.23. The number of aromatic nitrogens is 4. The highest BCUT2D eigenvalue weighted by Gasteiger charge is 2.60. The fraction of sp³-hybridized carbons (Fsp3) is 0.569. The van der Waals surface area contributed by atoms with Crippen LogP contribution in [0.1, 0.15) is 89.9 Å². The average Bonchev–Trinajstić information content (AvgIpc) is 4.33. The van der Waals surface area contributed by atoms with Crippen molar-refractivity contribution in [2.45, 2.75) is 116 Å². The number of carbonyl (C=O) groups excluding carboxylic acids is 4. The van der Waals surface area contributed by atoms with E-state index in [-0.39, 0.29) is 146 Å². The van der Waals surface area contributed by atoms with Gasteiger partial charge in [-0.2, -0.15) is 0 Å². The van der Waals surface area contributed by atoms with Crippen LogP contribution < -0.4 is 44.5 Å². The maximum absolute atomic E-state index is 14.3. The summed E-state index contributed by atoms with van der Waals surface area (Å²) >= 11 is 0. The van der Waals surface area contributed by atoms with Crippen molar-refractivity contribution in [1.29, 1.82) is 0 Å². The van der Waals surface area contributed by atoms with Crippen LogP contribution in [-0.2, 0) is 45.4 Å². The highest BCUT2D eigenvalue weighted by Crippen LogP contribution is 2.67. The quantitative estimate of drug-likeness (QED) is 0.158. The second-order valence-electron chi connectivity index (χ2n) is 28.4. The summed E-state index contributed by atoms with van der Waals surface area (Å²) in [6.07, 6.45) is 18.3. The first-order valence-electron chi connectivity index (χ1n) is 30.9. The predicted octanol–water partition coefficient (Wildman–Crippen LogP) is 4.12. The van der Waals surface area contributed by atoms with Gasteiger partial charge in [-0.05, 0) is 214 Å². The average molecular weight is 1120 g/mol. The molecule has 0 saturated heterocycles. The predicted molar refractivity (Wildman–Crippen MR) is 304 cm³/mol. The molecular weight excluding hydrogens is 1060 g/mol. The van der Waals surface area contributed by atoms with Gasteiger partial charge < -0.3 is 0 Å². The molecule has 17 unspecified atom stereocenters. The third-order valence-electron chi connectivity index (χ3n) is 25.1. The zero-order valence-corrected chi connectivity index (χ0v) is 46.1. The van der Waals surface area contributed by atoms with E-state index < -0.39 is 44.5 Å². The summed E-state index contributed by atoms with van der Waals surface area (Å²) in [6, 6.07) is 5.85. The van der Waals surface area contributed by atoms with Gasteiger partial charge in [0.25, 0.3) is 68.1 Å². The standard InChI is InChI=1S/C65H64N6O12/c72-53-1-2-54(73)66(53)23-29-9-38-33-14-35(40(16-33)42(38)11-29)27-70-61(80)48-18-44-45(19-49(48)62(70)81)58(77)68(57(44)76)25-31-13-52-37-6-8-65(52,22-31)7-5-32(37)26-69-59(78)46-20-50-51(21-47(46)60(69)79)64(83)71(63(50)82)28-36-15-34-17-41(36)43-12-30(10-39(34)43)24-67-55(74)3-4-56(67)75/h1-4,18-21,29-43,52H,5-17,22-28H2. The highest BCUT2D eigenvalue weighted by atomic mass is 16.2. The van der Waals surface area contributed by atoms with Gasteiger partial charge in [0.15, 0.2) is 0 Å². The first kappa shape index (κ1) is 50.3. The topological polar surface area (TPSA) is 231 Å². The minimum Gasteiger partial charge on any atom is -0.275 e. The smallest absolute Gasteiger partial charge is 0.261 e. The lowest BCUT2D eigenvalue weighted by Gasteiger charge is -2.40. The second kappa shape index (κ2) is 17.4. The van der Waals surface area contributed by atoms with Gasteiger partial charge in [0.2, 0.25) is 0 Å². The number of benzene rings is 2. The molecule has 0 N–H and O–H groups in total. The zero-order chi connectivity index (χ0) is 56.5. The van der Waals surface area contributed by atoms with E-state index in [4.69, 9.17) is 0 Å². The molecule has 6 bridgehead atoms. The number of nitrogens with zero attached hydrogens (tertiary/aromatic N) is 6. The van der Waals surface area contributed by atoms with Crippen LogP contribution >= 0.6 is 0 Å². The molecule has 2 aromatic carbocycles. The molecule has 6 heterocycles. The van der Waals surface area contributed by atoms with Gasteiger partial charge in [-0.25, -0.2) is 0 Å². The van der Waals surface area contributed by atoms with Gasteiger partial charge in [-0.1, -0.05) is 0 Å². The molecule has 9 fully saturated rings. The summed E-state index contributed by atoms with van der Waals surface area (Å²) in [5.74, 6) is 3.81. The molecule has 426 valence electrons. The number of carbonyl (C=O) groups is 4. The van der Waals surface area contributed by atoms with Crippen LogP contribution in [0.2, 0.25) is 0 Å². The Hall–Kier alpha value is -7.24. The number of imide groups is 2. The Morgan fingerprint density at radius 1 is 0.325 bits per heavy atom. The summed E-state index contributed by atoms with van der Waals surface area (Å²) in [6.45, 7) is 1.88. The minimum absolute atomic E-state index is 0.0303. The van der Waals surface area contributed by atoms with Gasteiger partial charge in [0.05, 0.1) is 43.1 Å². The lowest BCUT2D eigenvalue weighted by Crippen LogP contribution is -2.38. The van der Waals surface area contributed by atoms with Crippen molar-refractivity contribution in [3.05, 3.63) is 131 Å². The Morgan fingerprint density at radius 2 is 0.675 bits per heavy atom. The normalized spacial score (nSPS) is 36.4. The SMILES string of the molecule is O=C1C=CC(=O)N1CC1CC2C3CC(Cn4c(=O)c5cc6c(=O)n(CC7CC8C9CCC8(CCC9Cn8c(=O)c9cc%10c(=O)n(CC%11CC%12CC%11C%11CC(CN%13C(=O)C=CC%13=O)CC%12%11)c(=O)c%10cc9c8=O)C7)c(=O)c6cc5c4=O)C(C3)C2C1. The van der Waals surface area contributed by atoms with Gasteiger partial charge >= 0.3 is 0 Å². The Morgan fingerprint density at radius 3 is 1.07 bits per heavy atom. The molecule has 0 spiro atoms. The van der Waals surface area contributed by atoms with Crippen LogP contribution in [0.4, 0.5) is 0 Å². The van der Waals surface area contributed by atoms with E-state index in [0.29, 0.717) is 60.4 Å². The molecule has 83 heavy (non-hydrogen) atoms. The first-order valence-corrected chi connectivity index (χ1v) is 30.9. The molecule has 9 saturated carbocycles. The fourth-order valence-electron chi connectivity index (χ4n) is 21.9. The maximum Gasteiger partial charge on any atom is 0.261 e. The Kier molecular flexibility index (Phi) is 10.6. The van der Waals surface area contributed by atoms with Crippen molar-refractivity contribution in [3.8, 4) is 0 Å². The molecule has 2 aliphatic heterocycles. The lowest BCUT2D eigenvalue weighted by atomic mass is 9.65. The molecule has 17 atom stereocenters.